The standard InChI is InChI=1S/C32H37ClN2O10/c1-12(2)34-35-13(3)25(33)15-6-14-7-19-32(10-43-11-44-19)9-18-22(28(39)24(32)20(14)26(37)21(15)31(35)40)27(38)23-17(41-4)8-16(36)29(42-5)30(23)45-18/h6,16-17,19,27,29,31,36-40H,7-11H2,1-5H3/t16-,17+,19-,27?,29+,31?,32?/m1/s1. The topological polar surface area (TPSA) is 163 Å². The van der Waals surface area contributed by atoms with Gasteiger partial charge in [0, 0.05) is 61.5 Å². The Morgan fingerprint density at radius 1 is 1.16 bits per heavy atom. The number of nitrogens with zero attached hydrogens (tertiary/aromatic N) is 2. The summed E-state index contributed by atoms with van der Waals surface area (Å²) in [6.07, 6.45) is -5.07. The number of methoxy groups -OCH3 is 2. The molecule has 7 rings (SSSR count). The van der Waals surface area contributed by atoms with Crippen molar-refractivity contribution in [3.8, 4) is 5.75 Å². The molecule has 3 aliphatic heterocycles. The van der Waals surface area contributed by atoms with Crippen molar-refractivity contribution >= 4 is 27.9 Å². The number of aliphatic hydroxyl groups is 4. The monoisotopic (exact) mass is 644 g/mol. The average molecular weight is 645 g/mol. The van der Waals surface area contributed by atoms with Crippen molar-refractivity contribution < 1.29 is 49.2 Å². The zero-order valence-electron chi connectivity index (χ0n) is 25.6. The van der Waals surface area contributed by atoms with E-state index in [2.05, 4.69) is 5.10 Å². The summed E-state index contributed by atoms with van der Waals surface area (Å²) in [5.74, 6) is -0.0159. The predicted molar refractivity (Wildman–Crippen MR) is 161 cm³/mol. The van der Waals surface area contributed by atoms with E-state index in [1.807, 2.05) is 6.07 Å². The Kier molecular flexibility index (Phi) is 7.38. The summed E-state index contributed by atoms with van der Waals surface area (Å²) in [4.78, 5) is 0. The lowest BCUT2D eigenvalue weighted by atomic mass is 9.59. The van der Waals surface area contributed by atoms with Crippen LogP contribution in [0.25, 0.3) is 10.6 Å². The number of hydrazone groups is 1. The van der Waals surface area contributed by atoms with E-state index in [1.165, 1.54) is 19.2 Å². The molecule has 13 heteroatoms. The molecule has 7 atom stereocenters. The SMILES string of the molecule is CO[C@H]1C[C@@H](O)[C@H](OC)C2=C1C(O)C1=C(CC34COCO[C@@H]3Cc3cc5c(c(O)c3C4=C1O)C(O)N(N=C(C)C)C(C)=C5Cl)O2. The van der Waals surface area contributed by atoms with E-state index in [0.29, 0.717) is 50.7 Å². The van der Waals surface area contributed by atoms with Crippen LogP contribution < -0.4 is 0 Å². The zero-order chi connectivity index (χ0) is 32.1. The van der Waals surface area contributed by atoms with Crippen molar-refractivity contribution in [1.82, 2.24) is 5.01 Å². The Morgan fingerprint density at radius 2 is 1.91 bits per heavy atom. The molecule has 0 aromatic heterocycles. The quantitative estimate of drug-likeness (QED) is 0.307. The van der Waals surface area contributed by atoms with Gasteiger partial charge < -0.3 is 49.2 Å². The van der Waals surface area contributed by atoms with E-state index in [1.54, 1.807) is 20.8 Å². The summed E-state index contributed by atoms with van der Waals surface area (Å²) in [5, 5.41) is 64.6. The number of phenols is 1. The fourth-order valence-corrected chi connectivity index (χ4v) is 8.15. The van der Waals surface area contributed by atoms with Gasteiger partial charge in [-0.15, -0.1) is 0 Å². The fraction of sp³-hybridized carbons (Fsp3) is 0.531. The normalized spacial score (nSPS) is 33.9. The van der Waals surface area contributed by atoms with Crippen LogP contribution in [0.15, 0.2) is 45.3 Å². The van der Waals surface area contributed by atoms with Crippen LogP contribution in [-0.4, -0.2) is 94.4 Å². The summed E-state index contributed by atoms with van der Waals surface area (Å²) in [6.45, 7) is 5.47. The molecule has 0 amide bonds. The molecule has 0 bridgehead atoms. The Labute approximate surface area is 265 Å². The third kappa shape index (κ3) is 4.20. The summed E-state index contributed by atoms with van der Waals surface area (Å²) in [7, 11) is 2.92. The van der Waals surface area contributed by atoms with E-state index in [0.717, 1.165) is 0 Å². The Hall–Kier alpha value is -2.94. The molecule has 1 aromatic carbocycles. The molecule has 3 aliphatic carbocycles. The first-order valence-electron chi connectivity index (χ1n) is 14.9. The van der Waals surface area contributed by atoms with E-state index >= 15 is 0 Å². The molecule has 12 nitrogen and oxygen atoms in total. The number of ether oxygens (including phenoxy) is 5. The van der Waals surface area contributed by atoms with Gasteiger partial charge in [-0.05, 0) is 32.4 Å². The number of fused-ring (bicyclic) bond motifs is 3. The highest BCUT2D eigenvalue weighted by Crippen LogP contribution is 2.62. The maximum Gasteiger partial charge on any atom is 0.177 e. The zero-order valence-corrected chi connectivity index (χ0v) is 26.4. The van der Waals surface area contributed by atoms with Gasteiger partial charge in [0.25, 0.3) is 0 Å². The second-order valence-electron chi connectivity index (χ2n) is 12.6. The molecule has 1 saturated heterocycles. The van der Waals surface area contributed by atoms with Crippen molar-refractivity contribution in [2.75, 3.05) is 27.6 Å². The third-order valence-corrected chi connectivity index (χ3v) is 10.4. The van der Waals surface area contributed by atoms with E-state index in [9.17, 15) is 25.5 Å². The fourth-order valence-electron chi connectivity index (χ4n) is 7.91. The van der Waals surface area contributed by atoms with Gasteiger partial charge >= 0.3 is 0 Å². The van der Waals surface area contributed by atoms with Gasteiger partial charge in [0.1, 0.15) is 42.0 Å². The van der Waals surface area contributed by atoms with Crippen LogP contribution in [0, 0.1) is 5.41 Å². The molecule has 1 spiro atoms. The highest BCUT2D eigenvalue weighted by molar-refractivity contribution is 6.49. The molecule has 3 unspecified atom stereocenters. The van der Waals surface area contributed by atoms with Gasteiger partial charge in [0.05, 0.1) is 52.2 Å². The molecule has 242 valence electrons. The van der Waals surface area contributed by atoms with E-state index in [-0.39, 0.29) is 60.4 Å². The number of allylic oxidation sites excluding steroid dienone is 2. The number of hydrogen-bond donors (Lipinski definition) is 5. The molecule has 3 heterocycles. The minimum atomic E-state index is -1.37. The van der Waals surface area contributed by atoms with Crippen molar-refractivity contribution in [3.05, 3.63) is 62.4 Å². The van der Waals surface area contributed by atoms with Crippen molar-refractivity contribution in [2.24, 2.45) is 10.5 Å². The number of rotatable bonds is 3. The van der Waals surface area contributed by atoms with E-state index in [4.69, 9.17) is 35.3 Å². The molecule has 45 heavy (non-hydrogen) atoms. The summed E-state index contributed by atoms with van der Waals surface area (Å²) in [5.41, 5.74) is 2.53. The first kappa shape index (κ1) is 30.7. The molecule has 1 aromatic rings. The second kappa shape index (κ2) is 10.8. The van der Waals surface area contributed by atoms with Gasteiger partial charge in [-0.1, -0.05) is 11.6 Å². The van der Waals surface area contributed by atoms with Crippen molar-refractivity contribution in [2.45, 2.75) is 76.8 Å². The number of aliphatic hydroxyl groups excluding tert-OH is 4. The molecule has 1 fully saturated rings. The van der Waals surface area contributed by atoms with Crippen LogP contribution in [0.2, 0.25) is 0 Å². The first-order valence-corrected chi connectivity index (χ1v) is 15.3. The van der Waals surface area contributed by atoms with E-state index < -0.39 is 42.2 Å². The maximum atomic E-state index is 12.2. The van der Waals surface area contributed by atoms with Gasteiger partial charge in [-0.25, -0.2) is 5.01 Å². The highest BCUT2D eigenvalue weighted by atomic mass is 35.5. The van der Waals surface area contributed by atoms with Gasteiger partial charge in [0.2, 0.25) is 0 Å². The van der Waals surface area contributed by atoms with Crippen LogP contribution in [-0.2, 0) is 30.1 Å². The number of phenolic OH excluding ortho intramolecular Hbond substituents is 1. The van der Waals surface area contributed by atoms with Crippen LogP contribution in [0.4, 0.5) is 0 Å². The minimum Gasteiger partial charge on any atom is -0.507 e. The van der Waals surface area contributed by atoms with Gasteiger partial charge in [0.15, 0.2) is 6.23 Å². The molecule has 6 aliphatic rings. The second-order valence-corrected chi connectivity index (χ2v) is 13.0. The first-order chi connectivity index (χ1) is 21.4. The van der Waals surface area contributed by atoms with Crippen LogP contribution in [0.3, 0.4) is 0 Å². The molecular formula is C32H37ClN2O10. The summed E-state index contributed by atoms with van der Waals surface area (Å²) >= 11 is 6.83. The maximum absolute atomic E-state index is 12.2. The van der Waals surface area contributed by atoms with Gasteiger partial charge in [-0.3, -0.25) is 0 Å². The highest BCUT2D eigenvalue weighted by Gasteiger charge is 2.58. The number of halogens is 1. The Bertz CT molecular complexity index is 1640. The van der Waals surface area contributed by atoms with Crippen LogP contribution in [0.1, 0.15) is 62.1 Å². The Balaban J connectivity index is 1.46. The predicted octanol–water partition coefficient (Wildman–Crippen LogP) is 3.30. The number of hydrogen-bond acceptors (Lipinski definition) is 12. The molecule has 5 N–H and O–H groups in total. The molecule has 0 saturated carbocycles. The van der Waals surface area contributed by atoms with Gasteiger partial charge in [-0.2, -0.15) is 5.10 Å². The molecule has 0 radical (unpaired) electrons. The minimum absolute atomic E-state index is 0.0344. The lowest BCUT2D eigenvalue weighted by Crippen LogP contribution is -2.54. The lowest BCUT2D eigenvalue weighted by molar-refractivity contribution is -0.195. The lowest BCUT2D eigenvalue weighted by Gasteiger charge is -2.52. The third-order valence-electron chi connectivity index (χ3n) is 9.90. The summed E-state index contributed by atoms with van der Waals surface area (Å²) in [6, 6.07) is 1.81. The van der Waals surface area contributed by atoms with Crippen molar-refractivity contribution in [1.29, 1.82) is 0 Å². The Morgan fingerprint density at radius 3 is 2.60 bits per heavy atom. The summed E-state index contributed by atoms with van der Waals surface area (Å²) < 4.78 is 29.6. The number of aromatic hydroxyl groups is 1. The number of benzene rings is 1. The molecular weight excluding hydrogens is 608 g/mol. The average Bonchev–Trinajstić information content (AvgIpc) is 3.00. The van der Waals surface area contributed by atoms with Crippen LogP contribution >= 0.6 is 11.6 Å². The smallest absolute Gasteiger partial charge is 0.177 e. The van der Waals surface area contributed by atoms with Crippen molar-refractivity contribution in [3.63, 3.8) is 0 Å². The largest absolute Gasteiger partial charge is 0.507 e. The van der Waals surface area contributed by atoms with Crippen LogP contribution in [0.5, 0.6) is 5.75 Å².